The van der Waals surface area contributed by atoms with Crippen LogP contribution in [0.3, 0.4) is 0 Å². The molecule has 120 valence electrons. The predicted molar refractivity (Wildman–Crippen MR) is 80.3 cm³/mol. The molecule has 0 aromatic rings. The number of aliphatic carboxylic acids is 1. The molecule has 2 rings (SSSR count). The van der Waals surface area contributed by atoms with E-state index in [-0.39, 0.29) is 12.5 Å². The molecule has 0 bridgehead atoms. The second kappa shape index (κ2) is 7.11. The number of carboxylic acids is 1. The van der Waals surface area contributed by atoms with E-state index >= 15 is 0 Å². The number of nitrogens with one attached hydrogen (secondary N) is 2. The molecule has 1 unspecified atom stereocenters. The first-order valence-electron chi connectivity index (χ1n) is 8.03. The lowest BCUT2D eigenvalue weighted by Gasteiger charge is -2.30. The molecule has 0 radical (unpaired) electrons. The van der Waals surface area contributed by atoms with E-state index in [1.165, 1.54) is 12.8 Å². The molecule has 2 amide bonds. The van der Waals surface area contributed by atoms with Crippen molar-refractivity contribution in [3.8, 4) is 0 Å². The van der Waals surface area contributed by atoms with Crippen LogP contribution in [0.1, 0.15) is 51.9 Å². The Bertz CT molecular complexity index is 374. The molecule has 2 aliphatic rings. The molecule has 3 N–H and O–H groups in total. The third kappa shape index (κ3) is 4.59. The Morgan fingerprint density at radius 1 is 1.19 bits per heavy atom. The highest BCUT2D eigenvalue weighted by molar-refractivity contribution is 5.76. The molecule has 1 saturated heterocycles. The molecule has 0 spiro atoms. The van der Waals surface area contributed by atoms with Crippen molar-refractivity contribution in [3.63, 3.8) is 0 Å². The highest BCUT2D eigenvalue weighted by Crippen LogP contribution is 2.32. The van der Waals surface area contributed by atoms with Gasteiger partial charge in [-0.2, -0.15) is 0 Å². The fraction of sp³-hybridized carbons (Fsp3) is 0.867. The van der Waals surface area contributed by atoms with E-state index in [2.05, 4.69) is 22.5 Å². The standard InChI is InChI=1S/C15H27N3O3/c1-12(18-8-4-5-9-18)11-16-14(21)17-15(10-13(19)20)6-2-3-7-15/h12H,2-11H2,1H3,(H,19,20)(H2,16,17,21). The molecule has 1 aliphatic heterocycles. The Labute approximate surface area is 126 Å². The molecule has 2 fully saturated rings. The maximum Gasteiger partial charge on any atom is 0.315 e. The number of carbonyl (C=O) groups is 2. The second-order valence-corrected chi connectivity index (χ2v) is 6.49. The second-order valence-electron chi connectivity index (χ2n) is 6.49. The number of carbonyl (C=O) groups excluding carboxylic acids is 1. The Morgan fingerprint density at radius 2 is 1.81 bits per heavy atom. The van der Waals surface area contributed by atoms with Crippen LogP contribution in [0.2, 0.25) is 0 Å². The lowest BCUT2D eigenvalue weighted by Crippen LogP contribution is -2.53. The van der Waals surface area contributed by atoms with Gasteiger partial charge in [-0.05, 0) is 45.7 Å². The predicted octanol–water partition coefficient (Wildman–Crippen LogP) is 1.56. The zero-order valence-corrected chi connectivity index (χ0v) is 12.9. The molecule has 1 heterocycles. The Balaban J connectivity index is 1.78. The Hall–Kier alpha value is -1.30. The monoisotopic (exact) mass is 297 g/mol. The molecule has 0 aromatic carbocycles. The summed E-state index contributed by atoms with van der Waals surface area (Å²) >= 11 is 0. The summed E-state index contributed by atoms with van der Waals surface area (Å²) < 4.78 is 0. The number of rotatable bonds is 6. The van der Waals surface area contributed by atoms with Crippen molar-refractivity contribution in [1.29, 1.82) is 0 Å². The van der Waals surface area contributed by atoms with Crippen molar-refractivity contribution in [3.05, 3.63) is 0 Å². The first-order valence-corrected chi connectivity index (χ1v) is 8.03. The van der Waals surface area contributed by atoms with Gasteiger partial charge in [0.1, 0.15) is 0 Å². The normalized spacial score (nSPS) is 22.9. The van der Waals surface area contributed by atoms with E-state index in [1.807, 2.05) is 0 Å². The van der Waals surface area contributed by atoms with Crippen LogP contribution in [0.5, 0.6) is 0 Å². The molecular weight excluding hydrogens is 270 g/mol. The molecular formula is C15H27N3O3. The van der Waals surface area contributed by atoms with E-state index in [9.17, 15) is 9.59 Å². The SMILES string of the molecule is CC(CNC(=O)NC1(CC(=O)O)CCCC1)N1CCCC1. The number of hydrogen-bond donors (Lipinski definition) is 3. The fourth-order valence-electron chi connectivity index (χ4n) is 3.52. The summed E-state index contributed by atoms with van der Waals surface area (Å²) in [5, 5.41) is 14.9. The van der Waals surface area contributed by atoms with E-state index < -0.39 is 11.5 Å². The molecule has 21 heavy (non-hydrogen) atoms. The van der Waals surface area contributed by atoms with Gasteiger partial charge in [0.15, 0.2) is 0 Å². The van der Waals surface area contributed by atoms with Gasteiger partial charge >= 0.3 is 12.0 Å². The summed E-state index contributed by atoms with van der Waals surface area (Å²) in [4.78, 5) is 25.5. The van der Waals surface area contributed by atoms with E-state index in [1.54, 1.807) is 0 Å². The summed E-state index contributed by atoms with van der Waals surface area (Å²) in [5.74, 6) is -0.845. The van der Waals surface area contributed by atoms with Crippen LogP contribution in [0.25, 0.3) is 0 Å². The smallest absolute Gasteiger partial charge is 0.315 e. The van der Waals surface area contributed by atoms with Gasteiger partial charge < -0.3 is 15.7 Å². The molecule has 1 aliphatic carbocycles. The summed E-state index contributed by atoms with van der Waals surface area (Å²) in [7, 11) is 0. The number of likely N-dealkylation sites (tertiary alicyclic amines) is 1. The van der Waals surface area contributed by atoms with Gasteiger partial charge in [0.25, 0.3) is 0 Å². The fourth-order valence-corrected chi connectivity index (χ4v) is 3.52. The number of urea groups is 1. The molecule has 1 atom stereocenters. The third-order valence-electron chi connectivity index (χ3n) is 4.75. The van der Waals surface area contributed by atoms with Gasteiger partial charge in [-0.15, -0.1) is 0 Å². The van der Waals surface area contributed by atoms with Crippen LogP contribution in [-0.4, -0.2) is 53.2 Å². The van der Waals surface area contributed by atoms with Gasteiger partial charge in [0, 0.05) is 12.6 Å². The third-order valence-corrected chi connectivity index (χ3v) is 4.75. The quantitative estimate of drug-likeness (QED) is 0.695. The number of nitrogens with zero attached hydrogens (tertiary/aromatic N) is 1. The van der Waals surface area contributed by atoms with Crippen molar-refractivity contribution in [2.24, 2.45) is 0 Å². The molecule has 0 aromatic heterocycles. The zero-order valence-electron chi connectivity index (χ0n) is 12.9. The minimum atomic E-state index is -0.845. The minimum absolute atomic E-state index is 0.0160. The van der Waals surface area contributed by atoms with Crippen molar-refractivity contribution >= 4 is 12.0 Å². The Morgan fingerprint density at radius 3 is 2.38 bits per heavy atom. The Kier molecular flexibility index (Phi) is 5.45. The van der Waals surface area contributed by atoms with Crippen LogP contribution in [0.15, 0.2) is 0 Å². The first kappa shape index (κ1) is 16.1. The summed E-state index contributed by atoms with van der Waals surface area (Å²) in [5.41, 5.74) is -0.549. The van der Waals surface area contributed by atoms with E-state index in [4.69, 9.17) is 5.11 Å². The topological polar surface area (TPSA) is 81.7 Å². The highest BCUT2D eigenvalue weighted by atomic mass is 16.4. The molecule has 6 nitrogen and oxygen atoms in total. The average Bonchev–Trinajstić information content (AvgIpc) is 3.06. The van der Waals surface area contributed by atoms with E-state index in [0.29, 0.717) is 12.6 Å². The lowest BCUT2D eigenvalue weighted by atomic mass is 9.93. The maximum absolute atomic E-state index is 12.1. The summed E-state index contributed by atoms with van der Waals surface area (Å²) in [6.45, 7) is 4.93. The van der Waals surface area contributed by atoms with E-state index in [0.717, 1.165) is 38.8 Å². The van der Waals surface area contributed by atoms with Gasteiger partial charge in [-0.25, -0.2) is 4.79 Å². The summed E-state index contributed by atoms with van der Waals surface area (Å²) in [6.07, 6.45) is 5.97. The lowest BCUT2D eigenvalue weighted by molar-refractivity contribution is -0.138. The number of amides is 2. The van der Waals surface area contributed by atoms with Crippen LogP contribution in [-0.2, 0) is 4.79 Å². The summed E-state index contributed by atoms with van der Waals surface area (Å²) in [6, 6.07) is 0.0986. The van der Waals surface area contributed by atoms with Crippen LogP contribution < -0.4 is 10.6 Å². The minimum Gasteiger partial charge on any atom is -0.481 e. The van der Waals surface area contributed by atoms with Crippen molar-refractivity contribution in [1.82, 2.24) is 15.5 Å². The molecule has 1 saturated carbocycles. The van der Waals surface area contributed by atoms with Crippen molar-refractivity contribution in [2.45, 2.75) is 63.5 Å². The van der Waals surface area contributed by atoms with Crippen LogP contribution in [0, 0.1) is 0 Å². The maximum atomic E-state index is 12.1. The van der Waals surface area contributed by atoms with Gasteiger partial charge in [-0.1, -0.05) is 12.8 Å². The molecule has 6 heteroatoms. The first-order chi connectivity index (χ1) is 10.0. The van der Waals surface area contributed by atoms with Crippen molar-refractivity contribution in [2.75, 3.05) is 19.6 Å². The van der Waals surface area contributed by atoms with Crippen LogP contribution in [0.4, 0.5) is 4.79 Å². The number of hydrogen-bond acceptors (Lipinski definition) is 3. The van der Waals surface area contributed by atoms with Gasteiger partial charge in [-0.3, -0.25) is 9.69 Å². The van der Waals surface area contributed by atoms with Crippen molar-refractivity contribution < 1.29 is 14.7 Å². The average molecular weight is 297 g/mol. The largest absolute Gasteiger partial charge is 0.481 e. The zero-order chi connectivity index (χ0) is 15.3. The van der Waals surface area contributed by atoms with Crippen LogP contribution >= 0.6 is 0 Å². The van der Waals surface area contributed by atoms with Gasteiger partial charge in [0.2, 0.25) is 0 Å². The van der Waals surface area contributed by atoms with Gasteiger partial charge in [0.05, 0.1) is 12.0 Å². The number of carboxylic acid groups (broad SMARTS) is 1. The highest BCUT2D eigenvalue weighted by Gasteiger charge is 2.37.